The predicted octanol–water partition coefficient (Wildman–Crippen LogP) is 0.821. The number of hydrogen-bond donors (Lipinski definition) is 1. The van der Waals surface area contributed by atoms with Crippen LogP contribution in [0.5, 0.6) is 0 Å². The predicted molar refractivity (Wildman–Crippen MR) is 36.3 cm³/mol. The van der Waals surface area contributed by atoms with Gasteiger partial charge in [0.15, 0.2) is 0 Å². The number of allylic oxidation sites excluding steroid dienone is 2. The third-order valence-corrected chi connectivity index (χ3v) is 1.63. The van der Waals surface area contributed by atoms with Gasteiger partial charge in [0.25, 0.3) is 0 Å². The van der Waals surface area contributed by atoms with E-state index in [1.165, 1.54) is 18.4 Å². The molecule has 2 rings (SSSR count). The Kier molecular flexibility index (Phi) is 0.936. The first-order valence-electron chi connectivity index (χ1n) is 3.23. The van der Waals surface area contributed by atoms with Gasteiger partial charge in [-0.15, -0.1) is 0 Å². The Hall–Kier alpha value is -1.01. The summed E-state index contributed by atoms with van der Waals surface area (Å²) in [6.45, 7) is 1.07. The second kappa shape index (κ2) is 1.74. The molecule has 2 aliphatic heterocycles. The second-order valence-corrected chi connectivity index (χ2v) is 2.29. The van der Waals surface area contributed by atoms with Crippen molar-refractivity contribution in [1.82, 2.24) is 5.32 Å². The molecule has 2 nitrogen and oxygen atoms in total. The molecule has 0 aliphatic carbocycles. The van der Waals surface area contributed by atoms with E-state index in [1.807, 2.05) is 6.08 Å². The van der Waals surface area contributed by atoms with E-state index in [4.69, 9.17) is 0 Å². The molecular formula is C7H8N2. The number of rotatable bonds is 0. The molecular weight excluding hydrogens is 112 g/mol. The van der Waals surface area contributed by atoms with Crippen molar-refractivity contribution >= 4 is 5.87 Å². The zero-order valence-electron chi connectivity index (χ0n) is 5.15. The Labute approximate surface area is 54.0 Å². The monoisotopic (exact) mass is 120 g/mol. The van der Waals surface area contributed by atoms with E-state index in [-0.39, 0.29) is 0 Å². The zero-order valence-corrected chi connectivity index (χ0v) is 5.15. The lowest BCUT2D eigenvalue weighted by Gasteiger charge is -2.12. The highest BCUT2D eigenvalue weighted by Gasteiger charge is 2.10. The molecule has 0 unspecified atom stereocenters. The summed E-state index contributed by atoms with van der Waals surface area (Å²) in [5.41, 5.74) is 1.32. The lowest BCUT2D eigenvalue weighted by molar-refractivity contribution is 0.670. The van der Waals surface area contributed by atoms with Gasteiger partial charge >= 0.3 is 0 Å². The van der Waals surface area contributed by atoms with E-state index >= 15 is 0 Å². The maximum absolute atomic E-state index is 4.02. The molecule has 0 radical (unpaired) electrons. The maximum atomic E-state index is 4.02. The molecule has 0 saturated heterocycles. The fourth-order valence-electron chi connectivity index (χ4n) is 1.14. The van der Waals surface area contributed by atoms with Crippen molar-refractivity contribution in [1.29, 1.82) is 0 Å². The molecule has 0 aromatic carbocycles. The molecule has 2 aliphatic rings. The molecule has 1 N–H and O–H groups in total. The largest absolute Gasteiger partial charge is 0.369 e. The highest BCUT2D eigenvalue weighted by Crippen LogP contribution is 2.17. The van der Waals surface area contributed by atoms with Crippen molar-refractivity contribution in [2.24, 2.45) is 4.99 Å². The van der Waals surface area contributed by atoms with Gasteiger partial charge in [-0.2, -0.15) is 4.99 Å². The highest BCUT2D eigenvalue weighted by molar-refractivity contribution is 5.64. The van der Waals surface area contributed by atoms with Crippen molar-refractivity contribution < 1.29 is 0 Å². The van der Waals surface area contributed by atoms with Crippen LogP contribution in [-0.4, -0.2) is 12.4 Å². The molecule has 0 spiro atoms. The summed E-state index contributed by atoms with van der Waals surface area (Å²) >= 11 is 0. The lowest BCUT2D eigenvalue weighted by atomic mass is 10.1. The van der Waals surface area contributed by atoms with E-state index in [0.29, 0.717) is 0 Å². The van der Waals surface area contributed by atoms with Gasteiger partial charge in [0.05, 0.1) is 0 Å². The summed E-state index contributed by atoms with van der Waals surface area (Å²) in [4.78, 5) is 4.02. The Morgan fingerprint density at radius 2 is 2.67 bits per heavy atom. The number of nitrogens with one attached hydrogen (secondary N) is 1. The fourth-order valence-corrected chi connectivity index (χ4v) is 1.14. The topological polar surface area (TPSA) is 24.4 Å². The molecule has 0 aromatic heterocycles. The van der Waals surface area contributed by atoms with E-state index in [2.05, 4.69) is 16.2 Å². The smallest absolute Gasteiger partial charge is 0.139 e. The van der Waals surface area contributed by atoms with Crippen molar-refractivity contribution in [3.8, 4) is 0 Å². The normalized spacial score (nSPS) is 22.2. The summed E-state index contributed by atoms with van der Waals surface area (Å²) in [7, 11) is 0. The van der Waals surface area contributed by atoms with Crippen LogP contribution in [0, 0.1) is 0 Å². The van der Waals surface area contributed by atoms with Crippen molar-refractivity contribution in [2.75, 3.05) is 6.54 Å². The fraction of sp³-hybridized carbons (Fsp3) is 0.429. The summed E-state index contributed by atoms with van der Waals surface area (Å²) in [6, 6.07) is 0. The Bertz CT molecular complexity index is 199. The molecule has 9 heavy (non-hydrogen) atoms. The highest BCUT2D eigenvalue weighted by atomic mass is 15.0. The third-order valence-electron chi connectivity index (χ3n) is 1.63. The Balaban J connectivity index is 2.32. The molecule has 0 amide bonds. The second-order valence-electron chi connectivity index (χ2n) is 2.29. The minimum absolute atomic E-state index is 1.04. The Morgan fingerprint density at radius 3 is 3.56 bits per heavy atom. The average molecular weight is 120 g/mol. The van der Waals surface area contributed by atoms with Gasteiger partial charge in [-0.3, -0.25) is 0 Å². The van der Waals surface area contributed by atoms with Gasteiger partial charge in [-0.1, -0.05) is 0 Å². The molecule has 0 aromatic rings. The molecule has 0 bridgehead atoms. The van der Waals surface area contributed by atoms with E-state index in [1.54, 1.807) is 0 Å². The van der Waals surface area contributed by atoms with Crippen LogP contribution < -0.4 is 5.32 Å². The molecule has 2 heteroatoms. The minimum Gasteiger partial charge on any atom is -0.369 e. The van der Waals surface area contributed by atoms with E-state index in [9.17, 15) is 0 Å². The van der Waals surface area contributed by atoms with Crippen LogP contribution in [0.15, 0.2) is 22.5 Å². The van der Waals surface area contributed by atoms with Gasteiger partial charge in [0.1, 0.15) is 5.82 Å². The van der Waals surface area contributed by atoms with E-state index < -0.39 is 0 Å². The standard InChI is InChI=1S/C7H8N2/c1-2-6-3-5-9-7(6)8-4-1/h3,8H,1-2,4H2. The zero-order chi connectivity index (χ0) is 6.10. The van der Waals surface area contributed by atoms with Crippen molar-refractivity contribution in [3.05, 3.63) is 17.5 Å². The molecule has 0 atom stereocenters. The van der Waals surface area contributed by atoms with Crippen LogP contribution in [-0.2, 0) is 0 Å². The van der Waals surface area contributed by atoms with Crippen LogP contribution in [0.3, 0.4) is 0 Å². The van der Waals surface area contributed by atoms with Crippen LogP contribution in [0.1, 0.15) is 12.8 Å². The first-order valence-corrected chi connectivity index (χ1v) is 3.23. The van der Waals surface area contributed by atoms with Gasteiger partial charge in [0.2, 0.25) is 0 Å². The Morgan fingerprint density at radius 1 is 1.67 bits per heavy atom. The summed E-state index contributed by atoms with van der Waals surface area (Å²) in [5, 5.41) is 3.20. The molecule has 2 heterocycles. The van der Waals surface area contributed by atoms with Crippen LogP contribution >= 0.6 is 0 Å². The van der Waals surface area contributed by atoms with Crippen LogP contribution in [0.25, 0.3) is 0 Å². The third kappa shape index (κ3) is 0.681. The summed E-state index contributed by atoms with van der Waals surface area (Å²) in [6.07, 6.45) is 4.35. The quantitative estimate of drug-likeness (QED) is 0.503. The molecule has 0 fully saturated rings. The summed E-state index contributed by atoms with van der Waals surface area (Å²) in [5.74, 6) is 3.87. The maximum Gasteiger partial charge on any atom is 0.139 e. The lowest BCUT2D eigenvalue weighted by Crippen LogP contribution is -2.18. The van der Waals surface area contributed by atoms with Crippen molar-refractivity contribution in [3.63, 3.8) is 0 Å². The molecule has 0 saturated carbocycles. The summed E-state index contributed by atoms with van der Waals surface area (Å²) < 4.78 is 0. The minimum atomic E-state index is 1.04. The van der Waals surface area contributed by atoms with Crippen molar-refractivity contribution in [2.45, 2.75) is 12.8 Å². The van der Waals surface area contributed by atoms with Gasteiger partial charge in [0, 0.05) is 18.2 Å². The average Bonchev–Trinajstić information content (AvgIpc) is 2.33. The number of nitrogens with zero attached hydrogens (tertiary/aromatic N) is 1. The SMILES string of the molecule is C1=CC2=C(N=1)NCCC2. The molecule has 46 valence electrons. The van der Waals surface area contributed by atoms with Crippen LogP contribution in [0.4, 0.5) is 0 Å². The van der Waals surface area contributed by atoms with E-state index in [0.717, 1.165) is 12.4 Å². The van der Waals surface area contributed by atoms with Gasteiger partial charge < -0.3 is 5.32 Å². The first-order chi connectivity index (χ1) is 4.47. The number of hydrogen-bond acceptors (Lipinski definition) is 2. The first kappa shape index (κ1) is 4.83. The van der Waals surface area contributed by atoms with Gasteiger partial charge in [-0.25, -0.2) is 0 Å². The van der Waals surface area contributed by atoms with Gasteiger partial charge in [-0.05, 0) is 18.7 Å². The van der Waals surface area contributed by atoms with Crippen LogP contribution in [0.2, 0.25) is 0 Å². The number of aliphatic imine (C=N–C) groups is 1.